The predicted octanol–water partition coefficient (Wildman–Crippen LogP) is 1.37. The third-order valence-corrected chi connectivity index (χ3v) is 6.00. The SMILES string of the molecule is Cc1ccsc1C(C(=O)N1CCC(O)CC1)N1CCNC(C)C1. The molecule has 0 radical (unpaired) electrons. The van der Waals surface area contributed by atoms with Crippen LogP contribution < -0.4 is 5.32 Å². The maximum absolute atomic E-state index is 13.3. The molecule has 3 heterocycles. The number of nitrogens with one attached hydrogen (secondary N) is 1. The van der Waals surface area contributed by atoms with Gasteiger partial charge in [-0.05, 0) is 43.7 Å². The number of aryl methyl sites for hydroxylation is 1. The highest BCUT2D eigenvalue weighted by Crippen LogP contribution is 2.32. The molecule has 23 heavy (non-hydrogen) atoms. The summed E-state index contributed by atoms with van der Waals surface area (Å²) in [5.74, 6) is 0.205. The standard InChI is InChI=1S/C17H27N3O2S/c1-12-5-10-23-16(12)15(20-9-6-18-13(2)11-20)17(22)19-7-3-14(21)4-8-19/h5,10,13-15,18,21H,3-4,6-9,11H2,1-2H3. The number of likely N-dealkylation sites (tertiary alicyclic amines) is 1. The summed E-state index contributed by atoms with van der Waals surface area (Å²) in [5.41, 5.74) is 1.21. The van der Waals surface area contributed by atoms with E-state index in [1.165, 1.54) is 10.4 Å². The minimum absolute atomic E-state index is 0.171. The molecule has 5 nitrogen and oxygen atoms in total. The van der Waals surface area contributed by atoms with Crippen LogP contribution >= 0.6 is 11.3 Å². The van der Waals surface area contributed by atoms with Crippen molar-refractivity contribution in [3.8, 4) is 0 Å². The Balaban J connectivity index is 1.83. The Labute approximate surface area is 142 Å². The van der Waals surface area contributed by atoms with Crippen molar-refractivity contribution in [1.29, 1.82) is 0 Å². The van der Waals surface area contributed by atoms with Gasteiger partial charge in [-0.1, -0.05) is 0 Å². The molecule has 1 aromatic heterocycles. The summed E-state index contributed by atoms with van der Waals surface area (Å²) in [4.78, 5) is 18.7. The van der Waals surface area contributed by atoms with Crippen LogP contribution in [0.4, 0.5) is 0 Å². The Morgan fingerprint density at radius 1 is 1.39 bits per heavy atom. The van der Waals surface area contributed by atoms with Crippen molar-refractivity contribution in [2.75, 3.05) is 32.7 Å². The van der Waals surface area contributed by atoms with Crippen LogP contribution in [0.25, 0.3) is 0 Å². The summed E-state index contributed by atoms with van der Waals surface area (Å²) in [7, 11) is 0. The molecule has 2 aliphatic rings. The van der Waals surface area contributed by atoms with Crippen LogP contribution in [0.3, 0.4) is 0 Å². The zero-order chi connectivity index (χ0) is 16.4. The number of carbonyl (C=O) groups is 1. The van der Waals surface area contributed by atoms with Crippen LogP contribution in [0.1, 0.15) is 36.2 Å². The summed E-state index contributed by atoms with van der Waals surface area (Å²) < 4.78 is 0. The number of amides is 1. The Bertz CT molecular complexity index is 540. The van der Waals surface area contributed by atoms with Gasteiger partial charge in [0.2, 0.25) is 5.91 Å². The number of hydrogen-bond donors (Lipinski definition) is 2. The van der Waals surface area contributed by atoms with Gasteiger partial charge < -0.3 is 15.3 Å². The third-order valence-electron chi connectivity index (χ3n) is 4.93. The van der Waals surface area contributed by atoms with E-state index < -0.39 is 0 Å². The number of piperazine rings is 1. The first kappa shape index (κ1) is 16.9. The summed E-state index contributed by atoms with van der Waals surface area (Å²) in [5, 5.41) is 15.2. The molecule has 0 saturated carbocycles. The molecule has 2 fully saturated rings. The first-order valence-electron chi connectivity index (χ1n) is 8.54. The highest BCUT2D eigenvalue weighted by atomic mass is 32.1. The van der Waals surface area contributed by atoms with Gasteiger partial charge in [-0.3, -0.25) is 9.69 Å². The highest BCUT2D eigenvalue weighted by molar-refractivity contribution is 7.10. The predicted molar refractivity (Wildman–Crippen MR) is 92.7 cm³/mol. The van der Waals surface area contributed by atoms with Crippen LogP contribution in [-0.4, -0.2) is 65.7 Å². The number of aliphatic hydroxyl groups excluding tert-OH is 1. The summed E-state index contributed by atoms with van der Waals surface area (Å²) in [6.07, 6.45) is 1.14. The van der Waals surface area contributed by atoms with E-state index in [1.54, 1.807) is 11.3 Å². The van der Waals surface area contributed by atoms with Crippen molar-refractivity contribution in [2.45, 2.75) is 44.9 Å². The molecule has 6 heteroatoms. The monoisotopic (exact) mass is 337 g/mol. The normalized spacial score (nSPS) is 25.5. The fraction of sp³-hybridized carbons (Fsp3) is 0.706. The van der Waals surface area contributed by atoms with Gasteiger partial charge >= 0.3 is 0 Å². The topological polar surface area (TPSA) is 55.8 Å². The van der Waals surface area contributed by atoms with Crippen LogP contribution in [0, 0.1) is 6.92 Å². The molecule has 1 amide bonds. The number of aliphatic hydroxyl groups is 1. The zero-order valence-electron chi connectivity index (χ0n) is 14.0. The average Bonchev–Trinajstić information content (AvgIpc) is 2.94. The van der Waals surface area contributed by atoms with Gasteiger partial charge in [0.05, 0.1) is 6.10 Å². The van der Waals surface area contributed by atoms with Gasteiger partial charge in [-0.2, -0.15) is 0 Å². The Kier molecular flexibility index (Phi) is 5.36. The van der Waals surface area contributed by atoms with E-state index in [4.69, 9.17) is 0 Å². The maximum atomic E-state index is 13.3. The fourth-order valence-corrected chi connectivity index (χ4v) is 4.61. The molecule has 2 aliphatic heterocycles. The Hall–Kier alpha value is -0.950. The minimum Gasteiger partial charge on any atom is -0.393 e. The lowest BCUT2D eigenvalue weighted by molar-refractivity contribution is -0.139. The van der Waals surface area contributed by atoms with Gasteiger partial charge in [0.1, 0.15) is 6.04 Å². The third kappa shape index (κ3) is 3.76. The van der Waals surface area contributed by atoms with Crippen molar-refractivity contribution < 1.29 is 9.90 Å². The molecular weight excluding hydrogens is 310 g/mol. The van der Waals surface area contributed by atoms with Crippen molar-refractivity contribution in [3.05, 3.63) is 21.9 Å². The number of piperidine rings is 1. The maximum Gasteiger partial charge on any atom is 0.245 e. The smallest absolute Gasteiger partial charge is 0.245 e. The van der Waals surface area contributed by atoms with Gasteiger partial charge in [0, 0.05) is 43.6 Å². The fourth-order valence-electron chi connectivity index (χ4n) is 3.55. The van der Waals surface area contributed by atoms with Crippen molar-refractivity contribution in [1.82, 2.24) is 15.1 Å². The molecule has 0 bridgehead atoms. The first-order valence-corrected chi connectivity index (χ1v) is 9.42. The number of hydrogen-bond acceptors (Lipinski definition) is 5. The van der Waals surface area contributed by atoms with Gasteiger partial charge in [0.25, 0.3) is 0 Å². The van der Waals surface area contributed by atoms with Crippen molar-refractivity contribution in [3.63, 3.8) is 0 Å². The second kappa shape index (κ2) is 7.30. The molecule has 0 aromatic carbocycles. The molecular formula is C17H27N3O2S. The van der Waals surface area contributed by atoms with Crippen LogP contribution in [0.2, 0.25) is 0 Å². The van der Waals surface area contributed by atoms with E-state index in [-0.39, 0.29) is 18.1 Å². The lowest BCUT2D eigenvalue weighted by Gasteiger charge is -2.40. The van der Waals surface area contributed by atoms with E-state index in [1.807, 2.05) is 4.90 Å². The lowest BCUT2D eigenvalue weighted by atomic mass is 10.0. The van der Waals surface area contributed by atoms with Crippen molar-refractivity contribution in [2.24, 2.45) is 0 Å². The number of carbonyl (C=O) groups excluding carboxylic acids is 1. The first-order chi connectivity index (χ1) is 11.1. The van der Waals surface area contributed by atoms with E-state index in [9.17, 15) is 9.90 Å². The molecule has 2 N–H and O–H groups in total. The molecule has 0 spiro atoms. The average molecular weight is 337 g/mol. The number of thiophene rings is 1. The summed E-state index contributed by atoms with van der Waals surface area (Å²) in [6, 6.07) is 2.34. The van der Waals surface area contributed by atoms with E-state index >= 15 is 0 Å². The molecule has 2 atom stereocenters. The van der Waals surface area contributed by atoms with E-state index in [0.717, 1.165) is 19.6 Å². The lowest BCUT2D eigenvalue weighted by Crippen LogP contribution is -2.54. The molecule has 2 unspecified atom stereocenters. The van der Waals surface area contributed by atoms with Crippen LogP contribution in [0.15, 0.2) is 11.4 Å². The van der Waals surface area contributed by atoms with E-state index in [0.29, 0.717) is 32.0 Å². The van der Waals surface area contributed by atoms with Crippen LogP contribution in [0.5, 0.6) is 0 Å². The minimum atomic E-state index is -0.250. The Morgan fingerprint density at radius 3 is 2.74 bits per heavy atom. The summed E-state index contributed by atoms with van der Waals surface area (Å²) >= 11 is 1.69. The zero-order valence-corrected chi connectivity index (χ0v) is 14.8. The Morgan fingerprint density at radius 2 is 2.13 bits per heavy atom. The van der Waals surface area contributed by atoms with Crippen molar-refractivity contribution >= 4 is 17.2 Å². The largest absolute Gasteiger partial charge is 0.393 e. The second-order valence-corrected chi connectivity index (χ2v) is 7.72. The number of rotatable bonds is 3. The quantitative estimate of drug-likeness (QED) is 0.875. The second-order valence-electron chi connectivity index (χ2n) is 6.78. The molecule has 2 saturated heterocycles. The van der Waals surface area contributed by atoms with Gasteiger partial charge in [-0.15, -0.1) is 11.3 Å². The van der Waals surface area contributed by atoms with Crippen LogP contribution in [-0.2, 0) is 4.79 Å². The molecule has 0 aliphatic carbocycles. The number of nitrogens with zero attached hydrogens (tertiary/aromatic N) is 2. The van der Waals surface area contributed by atoms with E-state index in [2.05, 4.69) is 35.5 Å². The molecule has 3 rings (SSSR count). The van der Waals surface area contributed by atoms with Gasteiger partial charge in [0.15, 0.2) is 0 Å². The van der Waals surface area contributed by atoms with Gasteiger partial charge in [-0.25, -0.2) is 0 Å². The molecule has 128 valence electrons. The summed E-state index contributed by atoms with van der Waals surface area (Å²) in [6.45, 7) is 8.32. The molecule has 1 aromatic rings. The highest BCUT2D eigenvalue weighted by Gasteiger charge is 2.36.